The molecule has 2 nitrogen and oxygen atoms in total. The summed E-state index contributed by atoms with van der Waals surface area (Å²) in [4.78, 5) is 4.84. The summed E-state index contributed by atoms with van der Waals surface area (Å²) in [5, 5.41) is 0. The molecule has 0 saturated carbocycles. The minimum Gasteiger partial charge on any atom is -0.235 e. The fourth-order valence-electron chi connectivity index (χ4n) is 2.82. The third kappa shape index (κ3) is 1.88. The molecule has 0 bridgehead atoms. The van der Waals surface area contributed by atoms with Crippen molar-refractivity contribution in [3.05, 3.63) is 78.4 Å². The highest BCUT2D eigenvalue weighted by Gasteiger charge is 2.19. The molecule has 100 valence electrons. The van der Waals surface area contributed by atoms with Crippen molar-refractivity contribution >= 4 is 22.1 Å². The summed E-state index contributed by atoms with van der Waals surface area (Å²) in [6.45, 7) is 2.11. The minimum absolute atomic E-state index is 1.02. The molecule has 0 unspecified atom stereocenters. The standard InChI is InChI=1S/C19H15N2/c1-14-8-7-13-18-19(14)20-16-11-5-6-12-17(16)21(18)15-9-3-2-4-10-15/h2-13H,1H3/q+1. The maximum Gasteiger partial charge on any atom is 0.237 e. The van der Waals surface area contributed by atoms with Gasteiger partial charge in [-0.2, -0.15) is 0 Å². The normalized spacial score (nSPS) is 11.1. The summed E-state index contributed by atoms with van der Waals surface area (Å²) in [7, 11) is 0. The summed E-state index contributed by atoms with van der Waals surface area (Å²) in [5.74, 6) is 0. The summed E-state index contributed by atoms with van der Waals surface area (Å²) >= 11 is 0. The van der Waals surface area contributed by atoms with Crippen LogP contribution in [0.1, 0.15) is 5.56 Å². The lowest BCUT2D eigenvalue weighted by molar-refractivity contribution is -0.538. The van der Waals surface area contributed by atoms with Crippen molar-refractivity contribution in [3.63, 3.8) is 0 Å². The highest BCUT2D eigenvalue weighted by molar-refractivity contribution is 5.84. The van der Waals surface area contributed by atoms with Crippen molar-refractivity contribution < 1.29 is 4.57 Å². The molecular formula is C19H15N2+. The number of fused-ring (bicyclic) bond motifs is 2. The molecule has 0 aliphatic carbocycles. The Labute approximate surface area is 123 Å². The van der Waals surface area contributed by atoms with Gasteiger partial charge in [-0.1, -0.05) is 42.5 Å². The molecule has 0 radical (unpaired) electrons. The lowest BCUT2D eigenvalue weighted by Crippen LogP contribution is -2.33. The predicted molar refractivity (Wildman–Crippen MR) is 85.5 cm³/mol. The van der Waals surface area contributed by atoms with Gasteiger partial charge in [0.15, 0.2) is 0 Å². The Bertz CT molecular complexity index is 943. The summed E-state index contributed by atoms with van der Waals surface area (Å²) < 4.78 is 2.28. The molecule has 1 heterocycles. The Morgan fingerprint density at radius 2 is 1.43 bits per heavy atom. The van der Waals surface area contributed by atoms with Crippen LogP contribution in [0.2, 0.25) is 0 Å². The van der Waals surface area contributed by atoms with Gasteiger partial charge in [0.25, 0.3) is 0 Å². The number of para-hydroxylation sites is 4. The fourth-order valence-corrected chi connectivity index (χ4v) is 2.82. The maximum absolute atomic E-state index is 4.84. The SMILES string of the molecule is Cc1cccc2c1nc1ccccc1[n+]2-c1ccccc1. The molecule has 4 rings (SSSR count). The lowest BCUT2D eigenvalue weighted by Gasteiger charge is -2.06. The largest absolute Gasteiger partial charge is 0.237 e. The van der Waals surface area contributed by atoms with Gasteiger partial charge in [0.2, 0.25) is 16.7 Å². The number of hydrogen-bond donors (Lipinski definition) is 0. The molecule has 1 aromatic heterocycles. The van der Waals surface area contributed by atoms with Crippen molar-refractivity contribution in [1.29, 1.82) is 0 Å². The van der Waals surface area contributed by atoms with Gasteiger partial charge in [-0.15, -0.1) is 4.57 Å². The van der Waals surface area contributed by atoms with Crippen LogP contribution in [0.15, 0.2) is 72.8 Å². The number of hydrogen-bond acceptors (Lipinski definition) is 1. The molecule has 0 aliphatic rings. The number of rotatable bonds is 1. The summed E-state index contributed by atoms with van der Waals surface area (Å²) in [6, 6.07) is 25.1. The maximum atomic E-state index is 4.84. The Kier molecular flexibility index (Phi) is 2.68. The number of aromatic nitrogens is 2. The van der Waals surface area contributed by atoms with Gasteiger partial charge in [-0.3, -0.25) is 0 Å². The zero-order chi connectivity index (χ0) is 14.2. The molecule has 0 aliphatic heterocycles. The highest BCUT2D eigenvalue weighted by Crippen LogP contribution is 2.19. The minimum atomic E-state index is 1.02. The van der Waals surface area contributed by atoms with E-state index in [1.54, 1.807) is 0 Å². The molecular weight excluding hydrogens is 256 g/mol. The monoisotopic (exact) mass is 271 g/mol. The van der Waals surface area contributed by atoms with E-state index in [1.807, 2.05) is 12.1 Å². The van der Waals surface area contributed by atoms with Gasteiger partial charge in [-0.25, -0.2) is 4.98 Å². The fraction of sp³-hybridized carbons (Fsp3) is 0.0526. The molecule has 0 saturated heterocycles. The quantitative estimate of drug-likeness (QED) is 0.378. The van der Waals surface area contributed by atoms with Crippen molar-refractivity contribution in [2.75, 3.05) is 0 Å². The third-order valence-corrected chi connectivity index (χ3v) is 3.83. The number of nitrogens with zero attached hydrogens (tertiary/aromatic N) is 2. The van der Waals surface area contributed by atoms with Gasteiger partial charge in [0.1, 0.15) is 11.0 Å². The van der Waals surface area contributed by atoms with Crippen molar-refractivity contribution in [1.82, 2.24) is 4.98 Å². The van der Waals surface area contributed by atoms with Gasteiger partial charge < -0.3 is 0 Å². The van der Waals surface area contributed by atoms with Crippen LogP contribution < -0.4 is 4.57 Å². The molecule has 21 heavy (non-hydrogen) atoms. The molecule has 0 N–H and O–H groups in total. The average molecular weight is 271 g/mol. The second-order valence-corrected chi connectivity index (χ2v) is 5.21. The zero-order valence-corrected chi connectivity index (χ0v) is 11.8. The molecule has 0 fully saturated rings. The van der Waals surface area contributed by atoms with Crippen LogP contribution in [-0.4, -0.2) is 4.98 Å². The average Bonchev–Trinajstić information content (AvgIpc) is 2.54. The van der Waals surface area contributed by atoms with E-state index < -0.39 is 0 Å². The van der Waals surface area contributed by atoms with Crippen LogP contribution in [0.5, 0.6) is 0 Å². The second kappa shape index (κ2) is 4.67. The van der Waals surface area contributed by atoms with E-state index in [9.17, 15) is 0 Å². The summed E-state index contributed by atoms with van der Waals surface area (Å²) in [6.07, 6.45) is 0. The third-order valence-electron chi connectivity index (χ3n) is 3.83. The molecule has 2 heteroatoms. The van der Waals surface area contributed by atoms with Crippen LogP contribution in [-0.2, 0) is 0 Å². The molecule has 0 amide bonds. The van der Waals surface area contributed by atoms with Crippen LogP contribution in [0.3, 0.4) is 0 Å². The first-order valence-electron chi connectivity index (χ1n) is 7.10. The first-order chi connectivity index (χ1) is 10.3. The van der Waals surface area contributed by atoms with E-state index in [1.165, 1.54) is 5.56 Å². The zero-order valence-electron chi connectivity index (χ0n) is 11.8. The van der Waals surface area contributed by atoms with E-state index in [-0.39, 0.29) is 0 Å². The highest BCUT2D eigenvalue weighted by atomic mass is 15.0. The van der Waals surface area contributed by atoms with E-state index in [2.05, 4.69) is 72.2 Å². The lowest BCUT2D eigenvalue weighted by atomic mass is 10.1. The Morgan fingerprint density at radius 3 is 2.29 bits per heavy atom. The van der Waals surface area contributed by atoms with E-state index in [4.69, 9.17) is 4.98 Å². The Hall–Kier alpha value is -2.74. The van der Waals surface area contributed by atoms with Crippen molar-refractivity contribution in [2.45, 2.75) is 6.92 Å². The molecule has 3 aromatic carbocycles. The van der Waals surface area contributed by atoms with Gasteiger partial charge in [0, 0.05) is 24.3 Å². The molecule has 0 spiro atoms. The van der Waals surface area contributed by atoms with Gasteiger partial charge in [-0.05, 0) is 18.6 Å². The van der Waals surface area contributed by atoms with Crippen LogP contribution in [0.4, 0.5) is 0 Å². The van der Waals surface area contributed by atoms with E-state index >= 15 is 0 Å². The first kappa shape index (κ1) is 12.0. The number of benzene rings is 3. The first-order valence-corrected chi connectivity index (χ1v) is 7.10. The second-order valence-electron chi connectivity index (χ2n) is 5.21. The Morgan fingerprint density at radius 1 is 0.714 bits per heavy atom. The predicted octanol–water partition coefficient (Wildman–Crippen LogP) is 3.97. The molecule has 0 atom stereocenters. The van der Waals surface area contributed by atoms with Crippen LogP contribution >= 0.6 is 0 Å². The smallest absolute Gasteiger partial charge is 0.235 e. The van der Waals surface area contributed by atoms with Crippen LogP contribution in [0.25, 0.3) is 27.8 Å². The molecule has 4 aromatic rings. The van der Waals surface area contributed by atoms with Crippen molar-refractivity contribution in [2.24, 2.45) is 0 Å². The number of aryl methyl sites for hydroxylation is 1. The van der Waals surface area contributed by atoms with Crippen LogP contribution in [0, 0.1) is 6.92 Å². The topological polar surface area (TPSA) is 16.8 Å². The Balaban J connectivity index is 2.26. The van der Waals surface area contributed by atoms with E-state index in [0.29, 0.717) is 0 Å². The van der Waals surface area contributed by atoms with Crippen molar-refractivity contribution in [3.8, 4) is 5.69 Å². The summed E-state index contributed by atoms with van der Waals surface area (Å²) in [5.41, 5.74) is 6.69. The van der Waals surface area contributed by atoms with Gasteiger partial charge >= 0.3 is 0 Å². The van der Waals surface area contributed by atoms with E-state index in [0.717, 1.165) is 27.8 Å². The van der Waals surface area contributed by atoms with Gasteiger partial charge in [0.05, 0.1) is 0 Å².